The van der Waals surface area contributed by atoms with E-state index in [1.54, 1.807) is 36.2 Å². The zero-order valence-electron chi connectivity index (χ0n) is 16.5. The zero-order valence-corrected chi connectivity index (χ0v) is 16.5. The van der Waals surface area contributed by atoms with E-state index in [4.69, 9.17) is 10.1 Å². The van der Waals surface area contributed by atoms with E-state index in [0.29, 0.717) is 55.2 Å². The minimum atomic E-state index is -0.496. The van der Waals surface area contributed by atoms with Gasteiger partial charge in [-0.15, -0.1) is 0 Å². The fraction of sp³-hybridized carbons (Fsp3) is 0.300. The summed E-state index contributed by atoms with van der Waals surface area (Å²) in [5, 5.41) is 13.0. The van der Waals surface area contributed by atoms with Gasteiger partial charge in [-0.05, 0) is 37.4 Å². The number of likely N-dealkylation sites (N-methyl/N-ethyl adjacent to an activating group) is 1. The molecule has 1 atom stereocenters. The summed E-state index contributed by atoms with van der Waals surface area (Å²) in [4.78, 5) is 29.6. The molecule has 0 radical (unpaired) electrons. The number of ether oxygens (including phenoxy) is 1. The van der Waals surface area contributed by atoms with Gasteiger partial charge in [-0.2, -0.15) is 0 Å². The normalized spacial score (nSPS) is 15.6. The smallest absolute Gasteiger partial charge is 0.414 e. The first-order valence-corrected chi connectivity index (χ1v) is 9.40. The van der Waals surface area contributed by atoms with Crippen molar-refractivity contribution >= 4 is 30.3 Å². The molecule has 158 valence electrons. The van der Waals surface area contributed by atoms with Crippen LogP contribution in [0.1, 0.15) is 0 Å². The van der Waals surface area contributed by atoms with Gasteiger partial charge in [0.15, 0.2) is 0 Å². The second-order valence-corrected chi connectivity index (χ2v) is 6.64. The topological polar surface area (TPSA) is 111 Å². The molecule has 1 fully saturated rings. The second-order valence-electron chi connectivity index (χ2n) is 6.64. The first-order valence-electron chi connectivity index (χ1n) is 9.40. The number of pyridine rings is 1. The van der Waals surface area contributed by atoms with Crippen molar-refractivity contribution in [2.75, 3.05) is 43.0 Å². The van der Waals surface area contributed by atoms with Crippen LogP contribution in [0.25, 0.3) is 11.1 Å². The fourth-order valence-electron chi connectivity index (χ4n) is 3.18. The molecule has 1 aliphatic rings. The lowest BCUT2D eigenvalue weighted by Gasteiger charge is -2.18. The van der Waals surface area contributed by atoms with Gasteiger partial charge in [0.1, 0.15) is 17.7 Å². The Bertz CT molecular complexity index is 908. The largest absolute Gasteiger partial charge is 0.443 e. The Morgan fingerprint density at radius 2 is 2.23 bits per heavy atom. The third-order valence-electron chi connectivity index (χ3n) is 4.66. The first-order chi connectivity index (χ1) is 14.6. The Balaban J connectivity index is 1.74. The molecular weight excluding hydrogens is 391 g/mol. The van der Waals surface area contributed by atoms with E-state index in [1.807, 2.05) is 0 Å². The van der Waals surface area contributed by atoms with Crippen LogP contribution >= 0.6 is 0 Å². The minimum Gasteiger partial charge on any atom is -0.443 e. The third kappa shape index (κ3) is 4.71. The predicted octanol–water partition coefficient (Wildman–Crippen LogP) is 1.59. The van der Waals surface area contributed by atoms with E-state index in [0.717, 1.165) is 6.34 Å². The van der Waals surface area contributed by atoms with Gasteiger partial charge >= 0.3 is 6.09 Å². The maximum absolute atomic E-state index is 14.8. The van der Waals surface area contributed by atoms with Crippen molar-refractivity contribution in [2.45, 2.75) is 6.10 Å². The minimum absolute atomic E-state index is 0.277. The molecule has 2 heterocycles. The average Bonchev–Trinajstić information content (AvgIpc) is 3.12. The van der Waals surface area contributed by atoms with E-state index < -0.39 is 11.9 Å². The molecular formula is C20H23FN6O3. The van der Waals surface area contributed by atoms with Crippen LogP contribution in [0.3, 0.4) is 0 Å². The average molecular weight is 414 g/mol. The number of carbonyl (C=O) groups is 2. The standard InChI is InChI=1S/C20H23FN6O3/c1-23-10-16-11-27(20(29)30-16)15-3-4-17(18(21)8-15)14-2-5-19(25-9-14)26(12-22)7-6-24-13-28/h2-5,8-9,12-13,16,22-23H,6-7,10-11H2,1H3,(H,24,28). The van der Waals surface area contributed by atoms with Gasteiger partial charge in [0.2, 0.25) is 6.41 Å². The van der Waals surface area contributed by atoms with Crippen molar-refractivity contribution in [3.63, 3.8) is 0 Å². The fourth-order valence-corrected chi connectivity index (χ4v) is 3.18. The molecule has 2 aromatic rings. The number of anilines is 2. The summed E-state index contributed by atoms with van der Waals surface area (Å²) in [5.41, 5.74) is 1.35. The second kappa shape index (κ2) is 9.79. The van der Waals surface area contributed by atoms with Crippen LogP contribution < -0.4 is 20.4 Å². The van der Waals surface area contributed by atoms with Gasteiger partial charge in [0.05, 0.1) is 18.6 Å². The van der Waals surface area contributed by atoms with Gasteiger partial charge in [0, 0.05) is 37.0 Å². The molecule has 1 aromatic heterocycles. The van der Waals surface area contributed by atoms with Crippen LogP contribution in [0.2, 0.25) is 0 Å². The Morgan fingerprint density at radius 1 is 1.40 bits per heavy atom. The summed E-state index contributed by atoms with van der Waals surface area (Å²) in [5.74, 6) is 0.0277. The number of halogens is 1. The van der Waals surface area contributed by atoms with Crippen molar-refractivity contribution in [3.8, 4) is 11.1 Å². The maximum atomic E-state index is 14.8. The number of rotatable bonds is 10. The Kier molecular flexibility index (Phi) is 6.91. The number of cyclic esters (lactones) is 1. The highest BCUT2D eigenvalue weighted by Crippen LogP contribution is 2.29. The van der Waals surface area contributed by atoms with Gasteiger partial charge < -0.3 is 20.3 Å². The third-order valence-corrected chi connectivity index (χ3v) is 4.66. The maximum Gasteiger partial charge on any atom is 0.414 e. The highest BCUT2D eigenvalue weighted by atomic mass is 19.1. The number of amides is 2. The highest BCUT2D eigenvalue weighted by Gasteiger charge is 2.32. The van der Waals surface area contributed by atoms with Crippen LogP contribution in [0.4, 0.5) is 20.7 Å². The Morgan fingerprint density at radius 3 is 2.87 bits per heavy atom. The van der Waals surface area contributed by atoms with E-state index in [1.165, 1.54) is 17.2 Å². The molecule has 1 unspecified atom stereocenters. The highest BCUT2D eigenvalue weighted by molar-refractivity contribution is 5.90. The van der Waals surface area contributed by atoms with Crippen molar-refractivity contribution in [1.82, 2.24) is 15.6 Å². The molecule has 0 saturated carbocycles. The Labute approximate surface area is 173 Å². The number of carbonyl (C=O) groups excluding carboxylic acids is 2. The molecule has 0 spiro atoms. The molecule has 2 amide bonds. The van der Waals surface area contributed by atoms with Crippen molar-refractivity contribution < 1.29 is 18.7 Å². The summed E-state index contributed by atoms with van der Waals surface area (Å²) in [6.07, 6.45) is 2.45. The van der Waals surface area contributed by atoms with Crippen LogP contribution in [0, 0.1) is 11.2 Å². The number of aromatic nitrogens is 1. The monoisotopic (exact) mass is 414 g/mol. The molecule has 1 aliphatic heterocycles. The molecule has 3 rings (SSSR count). The summed E-state index contributed by atoms with van der Waals surface area (Å²) in [6, 6.07) is 7.96. The van der Waals surface area contributed by atoms with Crippen LogP contribution in [0.5, 0.6) is 0 Å². The molecule has 9 nitrogen and oxygen atoms in total. The molecule has 3 N–H and O–H groups in total. The van der Waals surface area contributed by atoms with E-state index >= 15 is 0 Å². The quantitative estimate of drug-likeness (QED) is 0.236. The number of hydrogen-bond donors (Lipinski definition) is 3. The summed E-state index contributed by atoms with van der Waals surface area (Å²) in [7, 11) is 1.77. The predicted molar refractivity (Wildman–Crippen MR) is 111 cm³/mol. The number of benzene rings is 1. The lowest BCUT2D eigenvalue weighted by molar-refractivity contribution is -0.109. The summed E-state index contributed by atoms with van der Waals surface area (Å²) in [6.45, 7) is 1.64. The van der Waals surface area contributed by atoms with Crippen LogP contribution in [-0.4, -0.2) is 63.2 Å². The van der Waals surface area contributed by atoms with Crippen molar-refractivity contribution in [2.24, 2.45) is 0 Å². The Hall–Kier alpha value is -3.53. The first kappa shape index (κ1) is 21.2. The summed E-state index contributed by atoms with van der Waals surface area (Å²) < 4.78 is 20.0. The lowest BCUT2D eigenvalue weighted by Crippen LogP contribution is -2.30. The number of nitrogens with one attached hydrogen (secondary N) is 3. The van der Waals surface area contributed by atoms with Crippen LogP contribution in [-0.2, 0) is 9.53 Å². The lowest BCUT2D eigenvalue weighted by atomic mass is 10.1. The molecule has 1 saturated heterocycles. The van der Waals surface area contributed by atoms with Crippen molar-refractivity contribution in [1.29, 1.82) is 5.41 Å². The summed E-state index contributed by atoms with van der Waals surface area (Å²) >= 11 is 0. The van der Waals surface area contributed by atoms with E-state index in [2.05, 4.69) is 15.6 Å². The number of nitrogens with zero attached hydrogens (tertiary/aromatic N) is 3. The van der Waals surface area contributed by atoms with E-state index in [-0.39, 0.29) is 6.10 Å². The molecule has 30 heavy (non-hydrogen) atoms. The van der Waals surface area contributed by atoms with E-state index in [9.17, 15) is 14.0 Å². The van der Waals surface area contributed by atoms with Gasteiger partial charge in [-0.1, -0.05) is 0 Å². The van der Waals surface area contributed by atoms with Gasteiger partial charge in [-0.3, -0.25) is 15.1 Å². The zero-order chi connectivity index (χ0) is 21.5. The van der Waals surface area contributed by atoms with Gasteiger partial charge in [0.25, 0.3) is 0 Å². The van der Waals surface area contributed by atoms with Crippen molar-refractivity contribution in [3.05, 3.63) is 42.3 Å². The molecule has 0 aliphatic carbocycles. The van der Waals surface area contributed by atoms with Gasteiger partial charge in [-0.25, -0.2) is 14.2 Å². The molecule has 10 heteroatoms. The molecule has 1 aromatic carbocycles. The molecule has 0 bridgehead atoms. The van der Waals surface area contributed by atoms with Crippen LogP contribution in [0.15, 0.2) is 36.5 Å². The SMILES string of the molecule is CNCC1CN(c2ccc(-c3ccc(N(C=N)CCNC=O)nc3)c(F)c2)C(=O)O1. The number of hydrogen-bond acceptors (Lipinski definition) is 6.